The van der Waals surface area contributed by atoms with Crippen molar-refractivity contribution >= 4 is 46.5 Å². The number of carbonyl (C=O) groups is 2. The quantitative estimate of drug-likeness (QED) is 0.505. The predicted molar refractivity (Wildman–Crippen MR) is 56.5 cm³/mol. The molecule has 0 aliphatic carbocycles. The van der Waals surface area contributed by atoms with Crippen molar-refractivity contribution in [2.45, 2.75) is 6.04 Å². The van der Waals surface area contributed by atoms with Gasteiger partial charge in [0, 0.05) is 0 Å². The van der Waals surface area contributed by atoms with E-state index in [1.54, 1.807) is 0 Å². The Bertz CT molecular complexity index is 407. The van der Waals surface area contributed by atoms with Gasteiger partial charge in [0.25, 0.3) is 0 Å². The molecule has 1 aromatic rings. The predicted octanol–water partition coefficient (Wildman–Crippen LogP) is 1.13. The van der Waals surface area contributed by atoms with Gasteiger partial charge in [0.15, 0.2) is 11.2 Å². The summed E-state index contributed by atoms with van der Waals surface area (Å²) in [5.74, 6) is -1.49. The highest BCUT2D eigenvalue weighted by atomic mass is 35.5. The summed E-state index contributed by atoms with van der Waals surface area (Å²) < 4.78 is 7.98. The molecule has 0 bridgehead atoms. The van der Waals surface area contributed by atoms with Crippen LogP contribution >= 0.6 is 34.7 Å². The summed E-state index contributed by atoms with van der Waals surface area (Å²) in [4.78, 5) is 22.6. The van der Waals surface area contributed by atoms with Gasteiger partial charge in [-0.05, 0) is 11.5 Å². The van der Waals surface area contributed by atoms with E-state index in [9.17, 15) is 9.59 Å². The largest absolute Gasteiger partial charge is 0.468 e. The smallest absolute Gasteiger partial charge is 0.330 e. The first-order valence-electron chi connectivity index (χ1n) is 3.67. The molecule has 8 heteroatoms. The Morgan fingerprint density at radius 2 is 2.13 bits per heavy atom. The van der Waals surface area contributed by atoms with Crippen molar-refractivity contribution in [1.29, 1.82) is 0 Å². The van der Waals surface area contributed by atoms with Gasteiger partial charge in [-0.25, -0.2) is 4.79 Å². The van der Waals surface area contributed by atoms with E-state index in [1.165, 1.54) is 0 Å². The summed E-state index contributed by atoms with van der Waals surface area (Å²) >= 11 is 12.0. The molecule has 0 saturated carbocycles. The van der Waals surface area contributed by atoms with E-state index in [-0.39, 0.29) is 15.1 Å². The maximum absolute atomic E-state index is 11.6. The van der Waals surface area contributed by atoms with Crippen LogP contribution < -0.4 is 5.73 Å². The van der Waals surface area contributed by atoms with Gasteiger partial charge in [0.2, 0.25) is 5.78 Å². The van der Waals surface area contributed by atoms with E-state index >= 15 is 0 Å². The van der Waals surface area contributed by atoms with Gasteiger partial charge in [-0.1, -0.05) is 23.2 Å². The van der Waals surface area contributed by atoms with Crippen LogP contribution in [-0.4, -0.2) is 29.3 Å². The third-order valence-corrected chi connectivity index (χ3v) is 3.37. The van der Waals surface area contributed by atoms with E-state index in [1.807, 2.05) is 0 Å². The van der Waals surface area contributed by atoms with Gasteiger partial charge >= 0.3 is 5.97 Å². The molecule has 15 heavy (non-hydrogen) atoms. The maximum Gasteiger partial charge on any atom is 0.330 e. The van der Waals surface area contributed by atoms with Crippen LogP contribution in [0.5, 0.6) is 0 Å². The highest BCUT2D eigenvalue weighted by Crippen LogP contribution is 2.29. The molecule has 0 aliphatic rings. The molecule has 82 valence electrons. The lowest BCUT2D eigenvalue weighted by Gasteiger charge is -2.05. The molecule has 1 rings (SSSR count). The van der Waals surface area contributed by atoms with Gasteiger partial charge in [-0.2, -0.15) is 4.37 Å². The molecule has 0 aliphatic heterocycles. The SMILES string of the molecule is COC(=O)C(N)C(=O)c1snc(Cl)c1Cl. The molecule has 0 spiro atoms. The number of ether oxygens (including phenoxy) is 1. The minimum Gasteiger partial charge on any atom is -0.468 e. The number of Topliss-reactive ketones (excluding diaryl/α,β-unsaturated/α-hetero) is 1. The lowest BCUT2D eigenvalue weighted by atomic mass is 10.2. The molecule has 0 radical (unpaired) electrons. The summed E-state index contributed by atoms with van der Waals surface area (Å²) in [6.07, 6.45) is 0. The van der Waals surface area contributed by atoms with Gasteiger partial charge in [-0.3, -0.25) is 4.79 Å². The van der Waals surface area contributed by atoms with Crippen molar-refractivity contribution in [3.63, 3.8) is 0 Å². The van der Waals surface area contributed by atoms with Crippen LogP contribution in [0.25, 0.3) is 0 Å². The minimum absolute atomic E-state index is 0.00557. The van der Waals surface area contributed by atoms with Crippen LogP contribution in [0.4, 0.5) is 0 Å². The normalized spacial score (nSPS) is 12.3. The fourth-order valence-electron chi connectivity index (χ4n) is 0.788. The van der Waals surface area contributed by atoms with E-state index in [2.05, 4.69) is 9.11 Å². The van der Waals surface area contributed by atoms with Crippen molar-refractivity contribution in [3.8, 4) is 0 Å². The van der Waals surface area contributed by atoms with E-state index in [4.69, 9.17) is 28.9 Å². The third-order valence-electron chi connectivity index (χ3n) is 1.56. The van der Waals surface area contributed by atoms with Crippen LogP contribution in [0.15, 0.2) is 0 Å². The standard InChI is InChI=1S/C7H6Cl2N2O3S/c1-14-7(13)3(10)4(12)5-2(8)6(9)11-15-5/h3H,10H2,1H3. The van der Waals surface area contributed by atoms with Crippen LogP contribution in [-0.2, 0) is 9.53 Å². The first-order valence-corrected chi connectivity index (χ1v) is 5.20. The molecule has 2 N–H and O–H groups in total. The molecule has 0 aromatic carbocycles. The molecule has 5 nitrogen and oxygen atoms in total. The summed E-state index contributed by atoms with van der Waals surface area (Å²) in [6.45, 7) is 0. The second-order valence-electron chi connectivity index (χ2n) is 2.48. The molecular weight excluding hydrogens is 263 g/mol. The van der Waals surface area contributed by atoms with E-state index in [0.717, 1.165) is 18.6 Å². The van der Waals surface area contributed by atoms with Crippen LogP contribution in [0, 0.1) is 0 Å². The number of hydrogen-bond acceptors (Lipinski definition) is 6. The first kappa shape index (κ1) is 12.4. The van der Waals surface area contributed by atoms with E-state index < -0.39 is 17.8 Å². The van der Waals surface area contributed by atoms with Crippen LogP contribution in [0.1, 0.15) is 9.67 Å². The molecule has 0 saturated heterocycles. The number of esters is 1. The van der Waals surface area contributed by atoms with E-state index in [0.29, 0.717) is 0 Å². The number of rotatable bonds is 3. The summed E-state index contributed by atoms with van der Waals surface area (Å²) in [7, 11) is 1.14. The van der Waals surface area contributed by atoms with Crippen molar-refractivity contribution < 1.29 is 14.3 Å². The Morgan fingerprint density at radius 3 is 2.53 bits per heavy atom. The zero-order chi connectivity index (χ0) is 11.6. The number of nitrogens with two attached hydrogens (primary N) is 1. The Labute approximate surface area is 99.3 Å². The highest BCUT2D eigenvalue weighted by Gasteiger charge is 2.28. The van der Waals surface area contributed by atoms with Gasteiger partial charge in [0.05, 0.1) is 7.11 Å². The summed E-state index contributed by atoms with van der Waals surface area (Å²) in [6, 6.07) is -1.40. The Kier molecular flexibility index (Phi) is 4.04. The van der Waals surface area contributed by atoms with Gasteiger partial charge in [0.1, 0.15) is 9.90 Å². The molecule has 1 unspecified atom stereocenters. The maximum atomic E-state index is 11.6. The highest BCUT2D eigenvalue weighted by molar-refractivity contribution is 7.09. The second kappa shape index (κ2) is 4.89. The number of ketones is 1. The monoisotopic (exact) mass is 268 g/mol. The zero-order valence-electron chi connectivity index (χ0n) is 7.49. The average molecular weight is 269 g/mol. The number of methoxy groups -OCH3 is 1. The minimum atomic E-state index is -1.40. The van der Waals surface area contributed by atoms with Crippen LogP contribution in [0.3, 0.4) is 0 Å². The molecule has 0 amide bonds. The fourth-order valence-corrected chi connectivity index (χ4v) is 1.99. The number of aromatic nitrogens is 1. The molecule has 1 heterocycles. The Hall–Kier alpha value is -0.690. The number of hydrogen-bond donors (Lipinski definition) is 1. The lowest BCUT2D eigenvalue weighted by Crippen LogP contribution is -2.39. The second-order valence-corrected chi connectivity index (χ2v) is 3.99. The third kappa shape index (κ3) is 2.46. The van der Waals surface area contributed by atoms with Gasteiger partial charge < -0.3 is 10.5 Å². The molecule has 0 fully saturated rings. The average Bonchev–Trinajstić information content (AvgIpc) is 2.56. The number of nitrogens with zero attached hydrogens (tertiary/aromatic N) is 1. The lowest BCUT2D eigenvalue weighted by molar-refractivity contribution is -0.140. The number of halogens is 2. The summed E-state index contributed by atoms with van der Waals surface area (Å²) in [5.41, 5.74) is 5.33. The molecular formula is C7H6Cl2N2O3S. The van der Waals surface area contributed by atoms with Crippen molar-refractivity contribution in [2.75, 3.05) is 7.11 Å². The Morgan fingerprint density at radius 1 is 1.53 bits per heavy atom. The first-order chi connectivity index (χ1) is 6.99. The van der Waals surface area contributed by atoms with Gasteiger partial charge in [-0.15, -0.1) is 0 Å². The molecule has 1 atom stereocenters. The Balaban J connectivity index is 2.95. The molecule has 1 aromatic heterocycles. The summed E-state index contributed by atoms with van der Waals surface area (Å²) in [5, 5.41) is 0.0214. The van der Waals surface area contributed by atoms with Crippen molar-refractivity contribution in [2.24, 2.45) is 5.73 Å². The fraction of sp³-hybridized carbons (Fsp3) is 0.286. The van der Waals surface area contributed by atoms with Crippen molar-refractivity contribution in [3.05, 3.63) is 15.1 Å². The van der Waals surface area contributed by atoms with Crippen LogP contribution in [0.2, 0.25) is 10.2 Å². The number of carbonyl (C=O) groups excluding carboxylic acids is 2. The zero-order valence-corrected chi connectivity index (χ0v) is 9.82. The topological polar surface area (TPSA) is 82.3 Å². The van der Waals surface area contributed by atoms with Crippen molar-refractivity contribution in [1.82, 2.24) is 4.37 Å².